The van der Waals surface area contributed by atoms with Crippen molar-refractivity contribution in [2.75, 3.05) is 19.8 Å². The van der Waals surface area contributed by atoms with E-state index in [0.717, 1.165) is 0 Å². The Morgan fingerprint density at radius 2 is 2.24 bits per heavy atom. The highest BCUT2D eigenvalue weighted by molar-refractivity contribution is 5.91. The summed E-state index contributed by atoms with van der Waals surface area (Å²) in [6, 6.07) is -0.450. The summed E-state index contributed by atoms with van der Waals surface area (Å²) in [5.41, 5.74) is -0.581. The van der Waals surface area contributed by atoms with Crippen molar-refractivity contribution in [2.45, 2.75) is 37.3 Å². The lowest BCUT2D eigenvalue weighted by Crippen LogP contribution is -2.58. The Hall–Kier alpha value is -1.14. The molecule has 96 valence electrons. The van der Waals surface area contributed by atoms with Crippen LogP contribution in [-0.4, -0.2) is 48.3 Å². The molecule has 2 aliphatic rings. The Balaban J connectivity index is 1.93. The molecule has 0 spiro atoms. The van der Waals surface area contributed by atoms with Crippen LogP contribution < -0.4 is 10.6 Å². The van der Waals surface area contributed by atoms with Gasteiger partial charge in [0.15, 0.2) is 0 Å². The Kier molecular flexibility index (Phi) is 3.63. The van der Waals surface area contributed by atoms with Gasteiger partial charge in [0.25, 0.3) is 0 Å². The van der Waals surface area contributed by atoms with Gasteiger partial charge in [0.2, 0.25) is 11.8 Å². The molecule has 2 fully saturated rings. The van der Waals surface area contributed by atoms with Gasteiger partial charge in [0.1, 0.15) is 6.04 Å². The number of nitrogens with one attached hydrogen (secondary N) is 2. The SMILES string of the molecule is O=C1CCC(C(=O)NC2(CO)CCOCC2)N1. The number of hydrogen-bond acceptors (Lipinski definition) is 4. The molecule has 0 bridgehead atoms. The van der Waals surface area contributed by atoms with Crippen LogP contribution in [-0.2, 0) is 14.3 Å². The normalized spacial score (nSPS) is 27.6. The highest BCUT2D eigenvalue weighted by Gasteiger charge is 2.37. The van der Waals surface area contributed by atoms with Crippen LogP contribution in [0.2, 0.25) is 0 Å². The second kappa shape index (κ2) is 5.01. The van der Waals surface area contributed by atoms with Crippen molar-refractivity contribution in [2.24, 2.45) is 0 Å². The summed E-state index contributed by atoms with van der Waals surface area (Å²) >= 11 is 0. The van der Waals surface area contributed by atoms with Crippen molar-refractivity contribution in [3.8, 4) is 0 Å². The molecule has 2 heterocycles. The summed E-state index contributed by atoms with van der Waals surface area (Å²) in [6.45, 7) is 0.985. The lowest BCUT2D eigenvalue weighted by molar-refractivity contribution is -0.129. The minimum atomic E-state index is -0.581. The van der Waals surface area contributed by atoms with Gasteiger partial charge in [-0.1, -0.05) is 0 Å². The Morgan fingerprint density at radius 3 is 2.76 bits per heavy atom. The highest BCUT2D eigenvalue weighted by atomic mass is 16.5. The molecule has 6 nitrogen and oxygen atoms in total. The fourth-order valence-electron chi connectivity index (χ4n) is 2.24. The number of aliphatic hydroxyl groups excluding tert-OH is 1. The van der Waals surface area contributed by atoms with Gasteiger partial charge in [-0.2, -0.15) is 0 Å². The summed E-state index contributed by atoms with van der Waals surface area (Å²) in [7, 11) is 0. The monoisotopic (exact) mass is 242 g/mol. The molecule has 17 heavy (non-hydrogen) atoms. The molecular weight excluding hydrogens is 224 g/mol. The van der Waals surface area contributed by atoms with Crippen molar-refractivity contribution in [1.29, 1.82) is 0 Å². The van der Waals surface area contributed by atoms with Gasteiger partial charge >= 0.3 is 0 Å². The molecule has 0 aliphatic carbocycles. The molecule has 6 heteroatoms. The van der Waals surface area contributed by atoms with Crippen LogP contribution in [0.5, 0.6) is 0 Å². The fraction of sp³-hybridized carbons (Fsp3) is 0.818. The minimum Gasteiger partial charge on any atom is -0.394 e. The van der Waals surface area contributed by atoms with E-state index in [4.69, 9.17) is 4.74 Å². The molecule has 0 radical (unpaired) electrons. The number of carbonyl (C=O) groups is 2. The number of rotatable bonds is 3. The average Bonchev–Trinajstić information content (AvgIpc) is 2.77. The van der Waals surface area contributed by atoms with Gasteiger partial charge in [-0.3, -0.25) is 9.59 Å². The topological polar surface area (TPSA) is 87.7 Å². The summed E-state index contributed by atoms with van der Waals surface area (Å²) < 4.78 is 5.22. The van der Waals surface area contributed by atoms with E-state index in [9.17, 15) is 14.7 Å². The first-order valence-electron chi connectivity index (χ1n) is 5.95. The van der Waals surface area contributed by atoms with E-state index in [1.165, 1.54) is 0 Å². The maximum Gasteiger partial charge on any atom is 0.243 e. The fourth-order valence-corrected chi connectivity index (χ4v) is 2.24. The highest BCUT2D eigenvalue weighted by Crippen LogP contribution is 2.20. The zero-order valence-corrected chi connectivity index (χ0v) is 9.70. The second-order valence-corrected chi connectivity index (χ2v) is 4.70. The lowest BCUT2D eigenvalue weighted by atomic mass is 9.90. The zero-order chi connectivity index (χ0) is 12.3. The van der Waals surface area contributed by atoms with E-state index in [2.05, 4.69) is 10.6 Å². The molecule has 0 aromatic carbocycles. The van der Waals surface area contributed by atoms with Crippen LogP contribution in [0.15, 0.2) is 0 Å². The van der Waals surface area contributed by atoms with Crippen molar-refractivity contribution >= 4 is 11.8 Å². The van der Waals surface area contributed by atoms with Crippen LogP contribution in [0.4, 0.5) is 0 Å². The molecule has 2 saturated heterocycles. The van der Waals surface area contributed by atoms with Crippen LogP contribution in [0.25, 0.3) is 0 Å². The predicted octanol–water partition coefficient (Wildman–Crippen LogP) is -1.08. The summed E-state index contributed by atoms with van der Waals surface area (Å²) in [5.74, 6) is -0.290. The van der Waals surface area contributed by atoms with E-state index < -0.39 is 11.6 Å². The molecule has 0 saturated carbocycles. The lowest BCUT2D eigenvalue weighted by Gasteiger charge is -2.37. The molecule has 2 aliphatic heterocycles. The van der Waals surface area contributed by atoms with Gasteiger partial charge in [-0.05, 0) is 19.3 Å². The number of carbonyl (C=O) groups excluding carboxylic acids is 2. The number of hydrogen-bond donors (Lipinski definition) is 3. The van der Waals surface area contributed by atoms with Crippen LogP contribution in [0, 0.1) is 0 Å². The molecular formula is C11H18N2O4. The van der Waals surface area contributed by atoms with E-state index in [1.807, 2.05) is 0 Å². The largest absolute Gasteiger partial charge is 0.394 e. The zero-order valence-electron chi connectivity index (χ0n) is 9.70. The summed E-state index contributed by atoms with van der Waals surface area (Å²) in [6.07, 6.45) is 2.14. The predicted molar refractivity (Wildman–Crippen MR) is 59.2 cm³/mol. The smallest absolute Gasteiger partial charge is 0.243 e. The number of amides is 2. The third-order valence-electron chi connectivity index (χ3n) is 3.45. The maximum atomic E-state index is 11.9. The van der Waals surface area contributed by atoms with Gasteiger partial charge in [-0.25, -0.2) is 0 Å². The van der Waals surface area contributed by atoms with E-state index >= 15 is 0 Å². The Bertz CT molecular complexity index is 313. The molecule has 2 amide bonds. The Morgan fingerprint density at radius 1 is 1.53 bits per heavy atom. The van der Waals surface area contributed by atoms with Gasteiger partial charge in [-0.15, -0.1) is 0 Å². The maximum absolute atomic E-state index is 11.9. The third kappa shape index (κ3) is 2.76. The van der Waals surface area contributed by atoms with Gasteiger partial charge < -0.3 is 20.5 Å². The summed E-state index contributed by atoms with van der Waals surface area (Å²) in [5, 5.41) is 14.9. The first-order valence-corrected chi connectivity index (χ1v) is 5.95. The molecule has 0 aromatic heterocycles. The number of ether oxygens (including phenoxy) is 1. The van der Waals surface area contributed by atoms with Gasteiger partial charge in [0, 0.05) is 19.6 Å². The second-order valence-electron chi connectivity index (χ2n) is 4.70. The Labute approximate surface area is 99.7 Å². The van der Waals surface area contributed by atoms with Crippen molar-refractivity contribution < 1.29 is 19.4 Å². The van der Waals surface area contributed by atoms with E-state index in [1.54, 1.807) is 0 Å². The van der Waals surface area contributed by atoms with Crippen molar-refractivity contribution in [1.82, 2.24) is 10.6 Å². The quantitative estimate of drug-likeness (QED) is 0.587. The molecule has 1 unspecified atom stereocenters. The molecule has 0 aromatic rings. The van der Waals surface area contributed by atoms with Crippen LogP contribution >= 0.6 is 0 Å². The molecule has 3 N–H and O–H groups in total. The van der Waals surface area contributed by atoms with E-state index in [0.29, 0.717) is 38.9 Å². The minimum absolute atomic E-state index is 0.0878. The van der Waals surface area contributed by atoms with Crippen LogP contribution in [0.3, 0.4) is 0 Å². The van der Waals surface area contributed by atoms with E-state index in [-0.39, 0.29) is 18.4 Å². The average molecular weight is 242 g/mol. The van der Waals surface area contributed by atoms with Gasteiger partial charge in [0.05, 0.1) is 12.1 Å². The van der Waals surface area contributed by atoms with Crippen molar-refractivity contribution in [3.63, 3.8) is 0 Å². The summed E-state index contributed by atoms with van der Waals surface area (Å²) in [4.78, 5) is 23.0. The molecule has 2 rings (SSSR count). The third-order valence-corrected chi connectivity index (χ3v) is 3.45. The first-order chi connectivity index (χ1) is 8.15. The van der Waals surface area contributed by atoms with Crippen molar-refractivity contribution in [3.05, 3.63) is 0 Å². The standard InChI is InChI=1S/C11H18N2O4/c14-7-11(3-5-17-6-4-11)13-10(16)8-1-2-9(15)12-8/h8,14H,1-7H2,(H,12,15)(H,13,16). The van der Waals surface area contributed by atoms with Crippen LogP contribution in [0.1, 0.15) is 25.7 Å². The number of aliphatic hydroxyl groups is 1. The molecule has 1 atom stereocenters. The first kappa shape index (κ1) is 12.3.